The zero-order chi connectivity index (χ0) is 7.56. The number of hydrogen-bond donors (Lipinski definition) is 2. The molecule has 0 atom stereocenters. The van der Waals surface area contributed by atoms with Crippen molar-refractivity contribution in [1.82, 2.24) is 4.98 Å². The summed E-state index contributed by atoms with van der Waals surface area (Å²) in [5.74, 6) is 0.429. The Labute approximate surface area is 63.7 Å². The molecule has 0 radical (unpaired) electrons. The van der Waals surface area contributed by atoms with Crippen LogP contribution in [0.4, 0.5) is 5.13 Å². The first kappa shape index (κ1) is 7.50. The van der Waals surface area contributed by atoms with E-state index in [1.54, 1.807) is 0 Å². The Morgan fingerprint density at radius 3 is 2.70 bits per heavy atom. The van der Waals surface area contributed by atoms with Crippen LogP contribution in [-0.2, 0) is 0 Å². The molecule has 10 heavy (non-hydrogen) atoms. The van der Waals surface area contributed by atoms with Gasteiger partial charge in [0.1, 0.15) is 0 Å². The molecular formula is C6H10N2OS. The highest BCUT2D eigenvalue weighted by molar-refractivity contribution is 7.13. The molecule has 1 aromatic rings. The molecule has 0 aliphatic rings. The molecule has 4 heteroatoms. The first-order valence-corrected chi connectivity index (χ1v) is 3.97. The van der Waals surface area contributed by atoms with Gasteiger partial charge in [0.05, 0.1) is 5.69 Å². The highest BCUT2D eigenvalue weighted by Gasteiger charge is 2.03. The van der Waals surface area contributed by atoms with E-state index in [0.717, 1.165) is 5.69 Å². The third-order valence-corrected chi connectivity index (χ3v) is 1.97. The summed E-state index contributed by atoms with van der Waals surface area (Å²) in [4.78, 5) is 4.09. The van der Waals surface area contributed by atoms with Gasteiger partial charge in [0.2, 0.25) is 5.13 Å². The van der Waals surface area contributed by atoms with Crippen molar-refractivity contribution in [3.8, 4) is 0 Å². The summed E-state index contributed by atoms with van der Waals surface area (Å²) in [6.07, 6.45) is 0. The van der Waals surface area contributed by atoms with E-state index in [4.69, 9.17) is 5.21 Å². The van der Waals surface area contributed by atoms with Gasteiger partial charge in [0, 0.05) is 5.38 Å². The van der Waals surface area contributed by atoms with Crippen LogP contribution in [0, 0.1) is 0 Å². The van der Waals surface area contributed by atoms with E-state index in [-0.39, 0.29) is 0 Å². The van der Waals surface area contributed by atoms with E-state index in [9.17, 15) is 0 Å². The molecule has 0 aromatic carbocycles. The maximum atomic E-state index is 8.43. The van der Waals surface area contributed by atoms with Crippen molar-refractivity contribution in [3.05, 3.63) is 11.1 Å². The topological polar surface area (TPSA) is 45.1 Å². The van der Waals surface area contributed by atoms with Gasteiger partial charge in [-0.15, -0.1) is 11.3 Å². The number of nitrogens with zero attached hydrogens (tertiary/aromatic N) is 1. The molecule has 0 amide bonds. The van der Waals surface area contributed by atoms with Gasteiger partial charge in [-0.2, -0.15) is 0 Å². The molecular weight excluding hydrogens is 148 g/mol. The lowest BCUT2D eigenvalue weighted by molar-refractivity contribution is 0.388. The number of anilines is 1. The maximum Gasteiger partial charge on any atom is 0.206 e. The third kappa shape index (κ3) is 1.46. The predicted molar refractivity (Wildman–Crippen MR) is 41.6 cm³/mol. The van der Waals surface area contributed by atoms with Gasteiger partial charge in [-0.05, 0) is 5.92 Å². The maximum absolute atomic E-state index is 8.43. The number of rotatable bonds is 2. The molecule has 0 saturated heterocycles. The van der Waals surface area contributed by atoms with Crippen molar-refractivity contribution in [2.75, 3.05) is 5.48 Å². The van der Waals surface area contributed by atoms with Crippen LogP contribution in [0.2, 0.25) is 0 Å². The third-order valence-electron chi connectivity index (χ3n) is 1.21. The first-order chi connectivity index (χ1) is 4.74. The van der Waals surface area contributed by atoms with Crippen molar-refractivity contribution in [3.63, 3.8) is 0 Å². The van der Waals surface area contributed by atoms with E-state index in [0.29, 0.717) is 11.0 Å². The fraction of sp³-hybridized carbons (Fsp3) is 0.500. The first-order valence-electron chi connectivity index (χ1n) is 3.09. The van der Waals surface area contributed by atoms with Crippen LogP contribution < -0.4 is 5.48 Å². The van der Waals surface area contributed by atoms with Crippen molar-refractivity contribution in [2.45, 2.75) is 19.8 Å². The van der Waals surface area contributed by atoms with Crippen molar-refractivity contribution in [1.29, 1.82) is 0 Å². The van der Waals surface area contributed by atoms with E-state index in [1.165, 1.54) is 11.3 Å². The van der Waals surface area contributed by atoms with Crippen LogP contribution in [0.3, 0.4) is 0 Å². The second-order valence-corrected chi connectivity index (χ2v) is 3.20. The molecule has 0 aliphatic carbocycles. The number of thiazole rings is 1. The largest absolute Gasteiger partial charge is 0.289 e. The highest BCUT2D eigenvalue weighted by atomic mass is 32.1. The van der Waals surface area contributed by atoms with Crippen LogP contribution in [0.25, 0.3) is 0 Å². The van der Waals surface area contributed by atoms with E-state index in [2.05, 4.69) is 18.8 Å². The summed E-state index contributed by atoms with van der Waals surface area (Å²) in [5, 5.41) is 10.9. The molecule has 2 N–H and O–H groups in total. The second-order valence-electron chi connectivity index (χ2n) is 2.34. The average Bonchev–Trinajstić information content (AvgIpc) is 2.34. The van der Waals surface area contributed by atoms with Crippen molar-refractivity contribution < 1.29 is 5.21 Å². The molecule has 1 aromatic heterocycles. The molecule has 1 rings (SSSR count). The van der Waals surface area contributed by atoms with Gasteiger partial charge in [-0.1, -0.05) is 13.8 Å². The Balaban J connectivity index is 2.78. The van der Waals surface area contributed by atoms with Gasteiger partial charge < -0.3 is 0 Å². The fourth-order valence-corrected chi connectivity index (χ4v) is 1.37. The number of nitrogens with one attached hydrogen (secondary N) is 1. The number of hydrogen-bond acceptors (Lipinski definition) is 4. The zero-order valence-corrected chi connectivity index (χ0v) is 6.77. The number of aromatic nitrogens is 1. The lowest BCUT2D eigenvalue weighted by Gasteiger charge is -1.95. The van der Waals surface area contributed by atoms with Crippen LogP contribution in [0.5, 0.6) is 0 Å². The fourth-order valence-electron chi connectivity index (χ4n) is 0.603. The minimum atomic E-state index is 0.429. The van der Waals surface area contributed by atoms with E-state index in [1.807, 2.05) is 10.9 Å². The Hall–Kier alpha value is -0.610. The second kappa shape index (κ2) is 2.98. The summed E-state index contributed by atoms with van der Waals surface area (Å²) in [7, 11) is 0. The van der Waals surface area contributed by atoms with E-state index >= 15 is 0 Å². The Morgan fingerprint density at radius 2 is 2.40 bits per heavy atom. The zero-order valence-electron chi connectivity index (χ0n) is 5.96. The molecule has 0 saturated carbocycles. The molecule has 0 aliphatic heterocycles. The smallest absolute Gasteiger partial charge is 0.206 e. The van der Waals surface area contributed by atoms with Gasteiger partial charge in [0.25, 0.3) is 0 Å². The van der Waals surface area contributed by atoms with Crippen LogP contribution >= 0.6 is 11.3 Å². The molecule has 0 unspecified atom stereocenters. The Bertz CT molecular complexity index is 209. The molecule has 0 fully saturated rings. The lowest BCUT2D eigenvalue weighted by atomic mass is 10.2. The standard InChI is InChI=1S/C6H10N2OS/c1-4(2)5-3-10-6(7-5)8-9/h3-4,9H,1-2H3,(H,7,8). The minimum Gasteiger partial charge on any atom is -0.289 e. The van der Waals surface area contributed by atoms with Crippen LogP contribution in [0.1, 0.15) is 25.5 Å². The quantitative estimate of drug-likeness (QED) is 0.647. The molecule has 0 bridgehead atoms. The monoisotopic (exact) mass is 158 g/mol. The van der Waals surface area contributed by atoms with E-state index < -0.39 is 0 Å². The summed E-state index contributed by atoms with van der Waals surface area (Å²) in [5.41, 5.74) is 3.02. The molecule has 1 heterocycles. The van der Waals surface area contributed by atoms with Gasteiger partial charge in [-0.3, -0.25) is 5.21 Å². The summed E-state index contributed by atoms with van der Waals surface area (Å²) >= 11 is 1.41. The Morgan fingerprint density at radius 1 is 1.70 bits per heavy atom. The predicted octanol–water partition coefficient (Wildman–Crippen LogP) is 2.07. The average molecular weight is 158 g/mol. The highest BCUT2D eigenvalue weighted by Crippen LogP contribution is 2.20. The minimum absolute atomic E-state index is 0.429. The van der Waals surface area contributed by atoms with Crippen molar-refractivity contribution in [2.24, 2.45) is 0 Å². The summed E-state index contributed by atoms with van der Waals surface area (Å²) in [6, 6.07) is 0. The summed E-state index contributed by atoms with van der Waals surface area (Å²) in [6.45, 7) is 4.13. The normalized spacial score (nSPS) is 10.4. The van der Waals surface area contributed by atoms with Gasteiger partial charge in [-0.25, -0.2) is 10.5 Å². The van der Waals surface area contributed by atoms with Crippen molar-refractivity contribution >= 4 is 16.5 Å². The molecule has 0 spiro atoms. The van der Waals surface area contributed by atoms with Gasteiger partial charge in [0.15, 0.2) is 0 Å². The molecule has 56 valence electrons. The van der Waals surface area contributed by atoms with Crippen LogP contribution in [-0.4, -0.2) is 10.2 Å². The van der Waals surface area contributed by atoms with Crippen LogP contribution in [0.15, 0.2) is 5.38 Å². The Kier molecular flexibility index (Phi) is 2.24. The lowest BCUT2D eigenvalue weighted by Crippen LogP contribution is -1.90. The SMILES string of the molecule is CC(C)c1csc(NO)n1. The van der Waals surface area contributed by atoms with Gasteiger partial charge >= 0.3 is 0 Å². The molecule has 3 nitrogen and oxygen atoms in total. The summed E-state index contributed by atoms with van der Waals surface area (Å²) < 4.78 is 0.